The topological polar surface area (TPSA) is 30.7 Å². The minimum absolute atomic E-state index is 0.208. The highest BCUT2D eigenvalue weighted by Crippen LogP contribution is 2.41. The lowest BCUT2D eigenvalue weighted by molar-refractivity contribution is 0.511. The first kappa shape index (κ1) is 11.5. The molecule has 1 aliphatic rings. The molecule has 0 amide bonds. The molecule has 1 aromatic carbocycles. The average Bonchev–Trinajstić information content (AvgIpc) is 3.24. The Labute approximate surface area is 113 Å². The van der Waals surface area contributed by atoms with Crippen LogP contribution < -0.4 is 0 Å². The average molecular weight is 271 g/mol. The van der Waals surface area contributed by atoms with Crippen molar-refractivity contribution in [2.45, 2.75) is 18.9 Å². The summed E-state index contributed by atoms with van der Waals surface area (Å²) in [7, 11) is 0. The van der Waals surface area contributed by atoms with Gasteiger partial charge in [0.25, 0.3) is 0 Å². The number of fused-ring (bicyclic) bond motifs is 1. The number of nitrogens with zero attached hydrogens (tertiary/aromatic N) is 3. The van der Waals surface area contributed by atoms with E-state index in [2.05, 4.69) is 9.97 Å². The quantitative estimate of drug-likeness (QED) is 0.711. The van der Waals surface area contributed by atoms with Crippen molar-refractivity contribution >= 4 is 11.0 Å². The zero-order chi connectivity index (χ0) is 13.7. The molecule has 0 bridgehead atoms. The molecule has 0 spiro atoms. The summed E-state index contributed by atoms with van der Waals surface area (Å²) in [6.45, 7) is 0. The van der Waals surface area contributed by atoms with Crippen molar-refractivity contribution in [3.05, 3.63) is 48.3 Å². The monoisotopic (exact) mass is 271 g/mol. The number of hydrogen-bond acceptors (Lipinski definition) is 2. The number of benzene rings is 1. The molecule has 0 radical (unpaired) electrons. The molecule has 20 heavy (non-hydrogen) atoms. The number of imidazole rings is 1. The lowest BCUT2D eigenvalue weighted by Gasteiger charge is -2.08. The van der Waals surface area contributed by atoms with Gasteiger partial charge in [0.05, 0.1) is 5.52 Å². The number of aromatic nitrogens is 3. The highest BCUT2D eigenvalue weighted by atomic mass is 19.2. The smallest absolute Gasteiger partial charge is 0.184 e. The molecule has 1 aliphatic carbocycles. The largest absolute Gasteiger partial charge is 0.318 e. The molecule has 3 nitrogen and oxygen atoms in total. The minimum atomic E-state index is -0.833. The summed E-state index contributed by atoms with van der Waals surface area (Å²) < 4.78 is 29.4. The Morgan fingerprint density at radius 1 is 1.05 bits per heavy atom. The van der Waals surface area contributed by atoms with E-state index in [9.17, 15) is 8.78 Å². The standard InChI is InChI=1S/C15H11F2N3/c16-11-3-4-12-14(13(11)17)20(10-1-2-10)15(19-12)9-5-7-18-8-6-9/h3-8,10H,1-2H2. The predicted octanol–water partition coefficient (Wildman–Crippen LogP) is 3.71. The minimum Gasteiger partial charge on any atom is -0.318 e. The summed E-state index contributed by atoms with van der Waals surface area (Å²) >= 11 is 0. The van der Waals surface area contributed by atoms with E-state index in [0.29, 0.717) is 11.3 Å². The van der Waals surface area contributed by atoms with Gasteiger partial charge >= 0.3 is 0 Å². The van der Waals surface area contributed by atoms with Crippen molar-refractivity contribution in [3.8, 4) is 11.4 Å². The van der Waals surface area contributed by atoms with Crippen molar-refractivity contribution in [3.63, 3.8) is 0 Å². The molecule has 0 saturated heterocycles. The van der Waals surface area contributed by atoms with E-state index in [1.807, 2.05) is 16.7 Å². The van der Waals surface area contributed by atoms with Gasteiger partial charge in [-0.25, -0.2) is 13.8 Å². The Morgan fingerprint density at radius 2 is 1.80 bits per heavy atom. The van der Waals surface area contributed by atoms with Gasteiger partial charge in [0.15, 0.2) is 11.6 Å². The van der Waals surface area contributed by atoms with Crippen molar-refractivity contribution in [1.29, 1.82) is 0 Å². The van der Waals surface area contributed by atoms with Crippen LogP contribution in [0.3, 0.4) is 0 Å². The SMILES string of the molecule is Fc1ccc2nc(-c3ccncc3)n(C3CC3)c2c1F. The Morgan fingerprint density at radius 3 is 2.50 bits per heavy atom. The van der Waals surface area contributed by atoms with E-state index >= 15 is 0 Å². The summed E-state index contributed by atoms with van der Waals surface area (Å²) in [6.07, 6.45) is 5.28. The molecular weight excluding hydrogens is 260 g/mol. The number of rotatable bonds is 2. The van der Waals surface area contributed by atoms with Crippen molar-refractivity contribution in [2.75, 3.05) is 0 Å². The van der Waals surface area contributed by atoms with Crippen LogP contribution >= 0.6 is 0 Å². The van der Waals surface area contributed by atoms with Crippen LogP contribution in [0.25, 0.3) is 22.4 Å². The van der Waals surface area contributed by atoms with E-state index in [-0.39, 0.29) is 11.6 Å². The fourth-order valence-corrected chi connectivity index (χ4v) is 2.52. The highest BCUT2D eigenvalue weighted by Gasteiger charge is 2.30. The Balaban J connectivity index is 2.07. The molecule has 0 atom stereocenters. The molecule has 5 heteroatoms. The number of pyridine rings is 1. The number of hydrogen-bond donors (Lipinski definition) is 0. The third kappa shape index (κ3) is 1.62. The van der Waals surface area contributed by atoms with Gasteiger partial charge in [-0.1, -0.05) is 0 Å². The fraction of sp³-hybridized carbons (Fsp3) is 0.200. The maximum Gasteiger partial charge on any atom is 0.184 e. The van der Waals surface area contributed by atoms with Crippen LogP contribution in [0.2, 0.25) is 0 Å². The molecule has 1 fully saturated rings. The lowest BCUT2D eigenvalue weighted by Crippen LogP contribution is -2.00. The van der Waals surface area contributed by atoms with Gasteiger partial charge in [-0.3, -0.25) is 4.98 Å². The Hall–Kier alpha value is -2.30. The maximum atomic E-state index is 14.1. The lowest BCUT2D eigenvalue weighted by atomic mass is 10.2. The summed E-state index contributed by atoms with van der Waals surface area (Å²) in [4.78, 5) is 8.45. The van der Waals surface area contributed by atoms with Gasteiger partial charge in [0.2, 0.25) is 0 Å². The summed E-state index contributed by atoms with van der Waals surface area (Å²) in [5, 5.41) is 0. The van der Waals surface area contributed by atoms with Crippen molar-refractivity contribution < 1.29 is 8.78 Å². The molecule has 3 aromatic rings. The van der Waals surface area contributed by atoms with E-state index < -0.39 is 11.6 Å². The molecule has 0 unspecified atom stereocenters. The molecule has 100 valence electrons. The van der Waals surface area contributed by atoms with Crippen LogP contribution in [0.5, 0.6) is 0 Å². The first-order valence-electron chi connectivity index (χ1n) is 6.52. The third-order valence-electron chi connectivity index (χ3n) is 3.59. The van der Waals surface area contributed by atoms with Crippen LogP contribution in [0.4, 0.5) is 8.78 Å². The summed E-state index contributed by atoms with van der Waals surface area (Å²) in [5.74, 6) is -0.975. The first-order valence-corrected chi connectivity index (χ1v) is 6.52. The molecule has 2 aromatic heterocycles. The normalized spacial score (nSPS) is 14.9. The maximum absolute atomic E-state index is 14.1. The van der Waals surface area contributed by atoms with Gasteiger partial charge in [-0.05, 0) is 37.1 Å². The summed E-state index contributed by atoms with van der Waals surface area (Å²) in [5.41, 5.74) is 1.62. The highest BCUT2D eigenvalue weighted by molar-refractivity contribution is 5.81. The second-order valence-corrected chi connectivity index (χ2v) is 5.00. The van der Waals surface area contributed by atoms with E-state index in [0.717, 1.165) is 24.5 Å². The Bertz CT molecular complexity index is 792. The molecule has 0 aliphatic heterocycles. The van der Waals surface area contributed by atoms with Crippen LogP contribution in [0, 0.1) is 11.6 Å². The molecule has 2 heterocycles. The van der Waals surface area contributed by atoms with Crippen LogP contribution in [0.15, 0.2) is 36.7 Å². The van der Waals surface area contributed by atoms with Gasteiger partial charge in [-0.2, -0.15) is 0 Å². The molecule has 1 saturated carbocycles. The van der Waals surface area contributed by atoms with Gasteiger partial charge in [0.1, 0.15) is 11.3 Å². The number of halogens is 2. The zero-order valence-electron chi connectivity index (χ0n) is 10.6. The van der Waals surface area contributed by atoms with E-state index in [4.69, 9.17) is 0 Å². The van der Waals surface area contributed by atoms with Gasteiger partial charge in [-0.15, -0.1) is 0 Å². The predicted molar refractivity (Wildman–Crippen MR) is 71.2 cm³/mol. The van der Waals surface area contributed by atoms with Gasteiger partial charge < -0.3 is 4.57 Å². The van der Waals surface area contributed by atoms with E-state index in [1.165, 1.54) is 6.07 Å². The van der Waals surface area contributed by atoms with Crippen LogP contribution in [-0.2, 0) is 0 Å². The zero-order valence-corrected chi connectivity index (χ0v) is 10.6. The Kier molecular flexibility index (Phi) is 2.36. The first-order chi connectivity index (χ1) is 9.75. The van der Waals surface area contributed by atoms with Crippen LogP contribution in [-0.4, -0.2) is 14.5 Å². The van der Waals surface area contributed by atoms with E-state index in [1.54, 1.807) is 12.4 Å². The molecule has 0 N–H and O–H groups in total. The second-order valence-electron chi connectivity index (χ2n) is 5.00. The third-order valence-corrected chi connectivity index (χ3v) is 3.59. The summed E-state index contributed by atoms with van der Waals surface area (Å²) in [6, 6.07) is 6.51. The van der Waals surface area contributed by atoms with Gasteiger partial charge in [0, 0.05) is 24.0 Å². The van der Waals surface area contributed by atoms with Crippen molar-refractivity contribution in [1.82, 2.24) is 14.5 Å². The molecular formula is C15H11F2N3. The van der Waals surface area contributed by atoms with Crippen LogP contribution in [0.1, 0.15) is 18.9 Å². The second kappa shape index (κ2) is 4.10. The fourth-order valence-electron chi connectivity index (χ4n) is 2.52. The molecule has 4 rings (SSSR count). The van der Waals surface area contributed by atoms with Crippen molar-refractivity contribution in [2.24, 2.45) is 0 Å².